The Morgan fingerprint density at radius 1 is 1.24 bits per heavy atom. The van der Waals surface area contributed by atoms with Crippen LogP contribution in [0.4, 0.5) is 0 Å². The molecule has 1 aromatic carbocycles. The molecule has 1 fully saturated rings. The zero-order valence-electron chi connectivity index (χ0n) is 13.9. The molecular formula is C17H29N3O. The van der Waals surface area contributed by atoms with Gasteiger partial charge < -0.3 is 15.0 Å². The molecule has 2 rings (SSSR count). The van der Waals surface area contributed by atoms with Gasteiger partial charge in [-0.15, -0.1) is 0 Å². The number of aryl methyl sites for hydroxylation is 1. The van der Waals surface area contributed by atoms with Crippen LogP contribution in [0.5, 0.6) is 5.75 Å². The highest BCUT2D eigenvalue weighted by molar-refractivity contribution is 5.39. The van der Waals surface area contributed by atoms with Crippen LogP contribution in [0.1, 0.15) is 24.1 Å². The molecule has 0 aliphatic carbocycles. The molecule has 1 atom stereocenters. The summed E-state index contributed by atoms with van der Waals surface area (Å²) >= 11 is 0. The van der Waals surface area contributed by atoms with E-state index >= 15 is 0 Å². The van der Waals surface area contributed by atoms with Gasteiger partial charge >= 0.3 is 0 Å². The maximum absolute atomic E-state index is 6.08. The van der Waals surface area contributed by atoms with Gasteiger partial charge in [-0.05, 0) is 39.6 Å². The fourth-order valence-electron chi connectivity index (χ4n) is 2.64. The van der Waals surface area contributed by atoms with Crippen LogP contribution in [0.15, 0.2) is 18.2 Å². The summed E-state index contributed by atoms with van der Waals surface area (Å²) < 4.78 is 6.08. The lowest BCUT2D eigenvalue weighted by Crippen LogP contribution is -2.45. The van der Waals surface area contributed by atoms with Gasteiger partial charge in [-0.3, -0.25) is 4.90 Å². The molecule has 0 radical (unpaired) electrons. The van der Waals surface area contributed by atoms with Crippen LogP contribution in [-0.2, 0) is 0 Å². The second-order valence-electron chi connectivity index (χ2n) is 6.05. The standard InChI is InChI=1S/C17H29N3O/c1-14-5-6-16(15(2)18-3)17(13-14)21-12-11-20-9-7-19(4)8-10-20/h5-6,13,15,18H,7-12H2,1-4H3. The largest absolute Gasteiger partial charge is 0.492 e. The Labute approximate surface area is 129 Å². The van der Waals surface area contributed by atoms with E-state index in [9.17, 15) is 0 Å². The van der Waals surface area contributed by atoms with Gasteiger partial charge in [0.1, 0.15) is 12.4 Å². The Balaban J connectivity index is 1.88. The molecule has 0 aromatic heterocycles. The topological polar surface area (TPSA) is 27.7 Å². The van der Waals surface area contributed by atoms with Crippen molar-refractivity contribution in [3.05, 3.63) is 29.3 Å². The summed E-state index contributed by atoms with van der Waals surface area (Å²) in [6.45, 7) is 10.7. The number of ether oxygens (including phenoxy) is 1. The number of hydrogen-bond donors (Lipinski definition) is 1. The van der Waals surface area contributed by atoms with E-state index in [0.717, 1.165) is 45.1 Å². The van der Waals surface area contributed by atoms with Gasteiger partial charge in [0.25, 0.3) is 0 Å². The third-order valence-corrected chi connectivity index (χ3v) is 4.33. The monoisotopic (exact) mass is 291 g/mol. The van der Waals surface area contributed by atoms with Crippen molar-refractivity contribution in [1.82, 2.24) is 15.1 Å². The van der Waals surface area contributed by atoms with E-state index in [1.165, 1.54) is 11.1 Å². The predicted octanol–water partition coefficient (Wildman–Crippen LogP) is 1.90. The van der Waals surface area contributed by atoms with Gasteiger partial charge in [0, 0.05) is 44.3 Å². The minimum absolute atomic E-state index is 0.309. The highest BCUT2D eigenvalue weighted by Gasteiger charge is 2.14. The van der Waals surface area contributed by atoms with Crippen molar-refractivity contribution in [2.75, 3.05) is 53.4 Å². The van der Waals surface area contributed by atoms with Gasteiger partial charge in [0.15, 0.2) is 0 Å². The summed E-state index contributed by atoms with van der Waals surface area (Å²) in [6, 6.07) is 6.77. The average molecular weight is 291 g/mol. The Kier molecular flexibility index (Phi) is 6.03. The molecule has 1 unspecified atom stereocenters. The second-order valence-corrected chi connectivity index (χ2v) is 6.05. The molecule has 4 nitrogen and oxygen atoms in total. The van der Waals surface area contributed by atoms with Gasteiger partial charge in [0.05, 0.1) is 0 Å². The number of likely N-dealkylation sites (N-methyl/N-ethyl adjacent to an activating group) is 1. The second kappa shape index (κ2) is 7.78. The van der Waals surface area contributed by atoms with Gasteiger partial charge in [0.2, 0.25) is 0 Å². The van der Waals surface area contributed by atoms with Crippen LogP contribution < -0.4 is 10.1 Å². The summed E-state index contributed by atoms with van der Waals surface area (Å²) in [7, 11) is 4.17. The quantitative estimate of drug-likeness (QED) is 0.866. The fraction of sp³-hybridized carbons (Fsp3) is 0.647. The van der Waals surface area contributed by atoms with Crippen molar-refractivity contribution in [1.29, 1.82) is 0 Å². The lowest BCUT2D eigenvalue weighted by atomic mass is 10.1. The van der Waals surface area contributed by atoms with Gasteiger partial charge in [-0.25, -0.2) is 0 Å². The smallest absolute Gasteiger partial charge is 0.124 e. The highest BCUT2D eigenvalue weighted by Crippen LogP contribution is 2.26. The number of piperazine rings is 1. The van der Waals surface area contributed by atoms with E-state index in [-0.39, 0.29) is 0 Å². The van der Waals surface area contributed by atoms with Crippen LogP contribution in [0.3, 0.4) is 0 Å². The van der Waals surface area contributed by atoms with Crippen molar-refractivity contribution >= 4 is 0 Å². The molecule has 1 N–H and O–H groups in total. The van der Waals surface area contributed by atoms with Crippen LogP contribution in [-0.4, -0.2) is 63.2 Å². The first kappa shape index (κ1) is 16.3. The van der Waals surface area contributed by atoms with Gasteiger partial charge in [-0.1, -0.05) is 12.1 Å². The zero-order chi connectivity index (χ0) is 15.2. The third kappa shape index (κ3) is 4.70. The molecule has 1 saturated heterocycles. The normalized spacial score (nSPS) is 18.7. The van der Waals surface area contributed by atoms with E-state index in [4.69, 9.17) is 4.74 Å². The van der Waals surface area contributed by atoms with Crippen molar-refractivity contribution in [2.45, 2.75) is 19.9 Å². The molecule has 0 saturated carbocycles. The van der Waals surface area contributed by atoms with Crippen LogP contribution in [0, 0.1) is 6.92 Å². The molecule has 118 valence electrons. The molecule has 0 amide bonds. The van der Waals surface area contributed by atoms with Crippen LogP contribution in [0.25, 0.3) is 0 Å². The third-order valence-electron chi connectivity index (χ3n) is 4.33. The molecule has 0 spiro atoms. The summed E-state index contributed by atoms with van der Waals surface area (Å²) in [5, 5.41) is 3.29. The molecule has 1 aliphatic rings. The maximum atomic E-state index is 6.08. The minimum atomic E-state index is 0.309. The van der Waals surface area contributed by atoms with E-state index in [1.807, 2.05) is 7.05 Å². The predicted molar refractivity (Wildman–Crippen MR) is 88.1 cm³/mol. The Bertz CT molecular complexity index is 442. The molecule has 1 aromatic rings. The SMILES string of the molecule is CNC(C)c1ccc(C)cc1OCCN1CCN(C)CC1. The first-order valence-corrected chi connectivity index (χ1v) is 7.91. The average Bonchev–Trinajstić information content (AvgIpc) is 2.49. The fourth-order valence-corrected chi connectivity index (χ4v) is 2.64. The van der Waals surface area contributed by atoms with Crippen molar-refractivity contribution < 1.29 is 4.74 Å². The van der Waals surface area contributed by atoms with Crippen LogP contribution >= 0.6 is 0 Å². The Hall–Kier alpha value is -1.10. The van der Waals surface area contributed by atoms with Crippen molar-refractivity contribution in [2.24, 2.45) is 0 Å². The molecule has 1 aliphatic heterocycles. The number of hydrogen-bond acceptors (Lipinski definition) is 4. The molecule has 21 heavy (non-hydrogen) atoms. The summed E-state index contributed by atoms with van der Waals surface area (Å²) in [5.74, 6) is 1.02. The number of benzene rings is 1. The van der Waals surface area contributed by atoms with Crippen molar-refractivity contribution in [3.8, 4) is 5.75 Å². The van der Waals surface area contributed by atoms with Gasteiger partial charge in [-0.2, -0.15) is 0 Å². The maximum Gasteiger partial charge on any atom is 0.124 e. The highest BCUT2D eigenvalue weighted by atomic mass is 16.5. The molecule has 4 heteroatoms. The van der Waals surface area contributed by atoms with Crippen molar-refractivity contribution in [3.63, 3.8) is 0 Å². The van der Waals surface area contributed by atoms with Crippen LogP contribution in [0.2, 0.25) is 0 Å². The summed E-state index contributed by atoms with van der Waals surface area (Å²) in [5.41, 5.74) is 2.48. The zero-order valence-corrected chi connectivity index (χ0v) is 13.9. The first-order valence-electron chi connectivity index (χ1n) is 7.91. The number of nitrogens with one attached hydrogen (secondary N) is 1. The summed E-state index contributed by atoms with van der Waals surface area (Å²) in [6.07, 6.45) is 0. The molecule has 0 bridgehead atoms. The lowest BCUT2D eigenvalue weighted by molar-refractivity contribution is 0.133. The first-order chi connectivity index (χ1) is 10.1. The summed E-state index contributed by atoms with van der Waals surface area (Å²) in [4.78, 5) is 4.86. The Morgan fingerprint density at radius 2 is 1.95 bits per heavy atom. The number of nitrogens with zero attached hydrogens (tertiary/aromatic N) is 2. The molecule has 1 heterocycles. The minimum Gasteiger partial charge on any atom is -0.492 e. The van der Waals surface area contributed by atoms with E-state index in [1.54, 1.807) is 0 Å². The van der Waals surface area contributed by atoms with E-state index in [2.05, 4.69) is 54.2 Å². The van der Waals surface area contributed by atoms with E-state index < -0.39 is 0 Å². The molecular weight excluding hydrogens is 262 g/mol. The Morgan fingerprint density at radius 3 is 2.62 bits per heavy atom. The number of rotatable bonds is 6. The lowest BCUT2D eigenvalue weighted by Gasteiger charge is -2.32. The van der Waals surface area contributed by atoms with E-state index in [0.29, 0.717) is 6.04 Å².